The molecule has 0 bridgehead atoms. The van der Waals surface area contributed by atoms with Crippen molar-refractivity contribution in [2.75, 3.05) is 13.1 Å². The first-order chi connectivity index (χ1) is 7.31. The lowest BCUT2D eigenvalue weighted by Gasteiger charge is -2.09. The zero-order valence-corrected chi connectivity index (χ0v) is 10.0. The molecule has 94 valence electrons. The molecule has 0 fully saturated rings. The molecule has 16 heavy (non-hydrogen) atoms. The molecule has 0 aliphatic carbocycles. The van der Waals surface area contributed by atoms with Gasteiger partial charge < -0.3 is 10.4 Å². The van der Waals surface area contributed by atoms with E-state index in [4.69, 9.17) is 5.11 Å². The maximum atomic E-state index is 11.3. The molecule has 0 rings (SSSR count). The Bertz CT molecular complexity index is 351. The molecule has 0 radical (unpaired) electrons. The lowest BCUT2D eigenvalue weighted by atomic mass is 10.4. The molecular weight excluding hydrogens is 236 g/mol. The normalized spacial score (nSPS) is 13.1. The lowest BCUT2D eigenvalue weighted by Crippen LogP contribution is -2.39. The van der Waals surface area contributed by atoms with E-state index in [0.717, 1.165) is 6.92 Å². The standard InChI is InChI=1S/C8H16N2O5S/c1-3-9-7(11)4-5-10-16(14,15)6(2)8(12)13/h6,10H,3-5H2,1-2H3,(H,9,11)(H,12,13). The Kier molecular flexibility index (Phi) is 5.97. The topological polar surface area (TPSA) is 113 Å². The van der Waals surface area contributed by atoms with Crippen molar-refractivity contribution in [3.8, 4) is 0 Å². The fraction of sp³-hybridized carbons (Fsp3) is 0.750. The zero-order valence-electron chi connectivity index (χ0n) is 9.19. The third kappa shape index (κ3) is 5.08. The van der Waals surface area contributed by atoms with Gasteiger partial charge in [-0.2, -0.15) is 0 Å². The van der Waals surface area contributed by atoms with Crippen LogP contribution in [0.15, 0.2) is 0 Å². The number of carbonyl (C=O) groups excluding carboxylic acids is 1. The summed E-state index contributed by atoms with van der Waals surface area (Å²) in [6.45, 7) is 3.17. The summed E-state index contributed by atoms with van der Waals surface area (Å²) in [6, 6.07) is 0. The molecule has 0 spiro atoms. The summed E-state index contributed by atoms with van der Waals surface area (Å²) in [5.41, 5.74) is 0. The van der Waals surface area contributed by atoms with Crippen molar-refractivity contribution in [2.24, 2.45) is 0 Å². The highest BCUT2D eigenvalue weighted by atomic mass is 32.2. The van der Waals surface area contributed by atoms with E-state index in [1.807, 2.05) is 0 Å². The quantitative estimate of drug-likeness (QED) is 0.532. The maximum absolute atomic E-state index is 11.3. The summed E-state index contributed by atoms with van der Waals surface area (Å²) < 4.78 is 24.6. The van der Waals surface area contributed by atoms with Crippen LogP contribution >= 0.6 is 0 Å². The van der Waals surface area contributed by atoms with Crippen LogP contribution in [0.25, 0.3) is 0 Å². The predicted molar refractivity (Wildman–Crippen MR) is 57.3 cm³/mol. The molecule has 1 amide bonds. The van der Waals surface area contributed by atoms with Crippen molar-refractivity contribution in [3.63, 3.8) is 0 Å². The number of hydrogen-bond acceptors (Lipinski definition) is 4. The van der Waals surface area contributed by atoms with Crippen LogP contribution in [-0.2, 0) is 19.6 Å². The van der Waals surface area contributed by atoms with Gasteiger partial charge in [-0.25, -0.2) is 13.1 Å². The van der Waals surface area contributed by atoms with Crippen molar-refractivity contribution >= 4 is 21.9 Å². The van der Waals surface area contributed by atoms with Crippen molar-refractivity contribution in [1.29, 1.82) is 0 Å². The minimum absolute atomic E-state index is 0.0145. The minimum Gasteiger partial charge on any atom is -0.480 e. The van der Waals surface area contributed by atoms with E-state index >= 15 is 0 Å². The molecular formula is C8H16N2O5S. The molecule has 0 aromatic rings. The fourth-order valence-electron chi connectivity index (χ4n) is 0.850. The van der Waals surface area contributed by atoms with Gasteiger partial charge >= 0.3 is 5.97 Å². The van der Waals surface area contributed by atoms with Crippen LogP contribution in [0.3, 0.4) is 0 Å². The van der Waals surface area contributed by atoms with Gasteiger partial charge in [0.15, 0.2) is 5.25 Å². The molecule has 0 saturated carbocycles. The Labute approximate surface area is 94.3 Å². The highest BCUT2D eigenvalue weighted by molar-refractivity contribution is 7.90. The second kappa shape index (κ2) is 6.44. The van der Waals surface area contributed by atoms with Crippen LogP contribution in [0.4, 0.5) is 0 Å². The third-order valence-electron chi connectivity index (χ3n) is 1.84. The second-order valence-corrected chi connectivity index (χ2v) is 5.21. The van der Waals surface area contributed by atoms with E-state index in [1.165, 1.54) is 0 Å². The highest BCUT2D eigenvalue weighted by Crippen LogP contribution is 1.97. The number of amides is 1. The predicted octanol–water partition coefficient (Wildman–Crippen LogP) is -1.09. The summed E-state index contributed by atoms with van der Waals surface area (Å²) in [5, 5.41) is 9.48. The van der Waals surface area contributed by atoms with Crippen molar-refractivity contribution < 1.29 is 23.1 Å². The van der Waals surface area contributed by atoms with Crippen molar-refractivity contribution in [1.82, 2.24) is 10.0 Å². The molecule has 0 aromatic carbocycles. The van der Waals surface area contributed by atoms with Crippen LogP contribution in [0.2, 0.25) is 0 Å². The first-order valence-corrected chi connectivity index (χ1v) is 6.34. The zero-order chi connectivity index (χ0) is 12.8. The molecule has 0 aromatic heterocycles. The summed E-state index contributed by atoms with van der Waals surface area (Å²) in [4.78, 5) is 21.4. The monoisotopic (exact) mass is 252 g/mol. The summed E-state index contributed by atoms with van der Waals surface area (Å²) in [6.07, 6.45) is -0.0145. The van der Waals surface area contributed by atoms with Gasteiger partial charge in [0, 0.05) is 19.5 Å². The molecule has 0 aliphatic heterocycles. The highest BCUT2D eigenvalue weighted by Gasteiger charge is 2.26. The van der Waals surface area contributed by atoms with E-state index in [9.17, 15) is 18.0 Å². The first-order valence-electron chi connectivity index (χ1n) is 4.79. The molecule has 3 N–H and O–H groups in total. The van der Waals surface area contributed by atoms with E-state index in [0.29, 0.717) is 6.54 Å². The van der Waals surface area contributed by atoms with Crippen LogP contribution in [0, 0.1) is 0 Å². The Morgan fingerprint density at radius 2 is 1.94 bits per heavy atom. The Morgan fingerprint density at radius 1 is 1.38 bits per heavy atom. The van der Waals surface area contributed by atoms with Crippen molar-refractivity contribution in [2.45, 2.75) is 25.5 Å². The van der Waals surface area contributed by atoms with Gasteiger partial charge in [0.05, 0.1) is 0 Å². The van der Waals surface area contributed by atoms with Crippen LogP contribution < -0.4 is 10.0 Å². The van der Waals surface area contributed by atoms with Gasteiger partial charge in [0.1, 0.15) is 0 Å². The maximum Gasteiger partial charge on any atom is 0.323 e. The average molecular weight is 252 g/mol. The van der Waals surface area contributed by atoms with Crippen molar-refractivity contribution in [3.05, 3.63) is 0 Å². The molecule has 7 nitrogen and oxygen atoms in total. The molecule has 0 saturated heterocycles. The number of hydrogen-bond donors (Lipinski definition) is 3. The first kappa shape index (κ1) is 14.8. The van der Waals surface area contributed by atoms with E-state index in [1.54, 1.807) is 6.92 Å². The smallest absolute Gasteiger partial charge is 0.323 e. The summed E-state index contributed by atoms with van der Waals surface area (Å²) in [5.74, 6) is -1.71. The van der Waals surface area contributed by atoms with Gasteiger partial charge in [-0.15, -0.1) is 0 Å². The molecule has 0 aliphatic rings. The number of carbonyl (C=O) groups is 2. The van der Waals surface area contributed by atoms with Gasteiger partial charge in [-0.3, -0.25) is 9.59 Å². The number of aliphatic carboxylic acids is 1. The van der Waals surface area contributed by atoms with E-state index in [2.05, 4.69) is 10.0 Å². The lowest BCUT2D eigenvalue weighted by molar-refractivity contribution is -0.136. The van der Waals surface area contributed by atoms with Crippen LogP contribution in [0.5, 0.6) is 0 Å². The fourth-order valence-corrected chi connectivity index (χ4v) is 1.75. The number of sulfonamides is 1. The van der Waals surface area contributed by atoms with E-state index < -0.39 is 21.2 Å². The Hall–Kier alpha value is -1.15. The van der Waals surface area contributed by atoms with Crippen LogP contribution in [-0.4, -0.2) is 43.7 Å². The number of carboxylic acids is 1. The SMILES string of the molecule is CCNC(=O)CCNS(=O)(=O)C(C)C(=O)O. The number of carboxylic acid groups (broad SMARTS) is 1. The van der Waals surface area contributed by atoms with E-state index in [-0.39, 0.29) is 18.9 Å². The van der Waals surface area contributed by atoms with Gasteiger partial charge in [0.25, 0.3) is 0 Å². The average Bonchev–Trinajstić information content (AvgIpc) is 2.16. The van der Waals surface area contributed by atoms with Crippen LogP contribution in [0.1, 0.15) is 20.3 Å². The summed E-state index contributed by atoms with van der Waals surface area (Å²) >= 11 is 0. The second-order valence-electron chi connectivity index (χ2n) is 3.12. The molecule has 1 unspecified atom stereocenters. The molecule has 1 atom stereocenters. The largest absolute Gasteiger partial charge is 0.480 e. The Morgan fingerprint density at radius 3 is 2.38 bits per heavy atom. The van der Waals surface area contributed by atoms with Gasteiger partial charge in [-0.1, -0.05) is 0 Å². The summed E-state index contributed by atoms with van der Waals surface area (Å²) in [7, 11) is -3.90. The third-order valence-corrected chi connectivity index (χ3v) is 3.58. The van der Waals surface area contributed by atoms with Gasteiger partial charge in [0.2, 0.25) is 15.9 Å². The number of nitrogens with one attached hydrogen (secondary N) is 2. The number of rotatable bonds is 7. The molecule has 0 heterocycles. The Balaban J connectivity index is 4.11. The van der Waals surface area contributed by atoms with Gasteiger partial charge in [-0.05, 0) is 13.8 Å². The molecule has 8 heteroatoms. The minimum atomic E-state index is -3.90.